The maximum absolute atomic E-state index is 12.7. The molecule has 6 N–H and O–H groups in total. The lowest BCUT2D eigenvalue weighted by Gasteiger charge is -2.19. The molecule has 0 spiro atoms. The number of benzene rings is 3. The van der Waals surface area contributed by atoms with Crippen molar-refractivity contribution in [2.24, 2.45) is 5.73 Å². The largest absolute Gasteiger partial charge is 0.465 e. The number of aliphatic hydroxyl groups is 2. The Morgan fingerprint density at radius 3 is 1.38 bits per heavy atom. The van der Waals surface area contributed by atoms with E-state index >= 15 is 0 Å². The summed E-state index contributed by atoms with van der Waals surface area (Å²) in [5.74, 6) is -3.91. The second-order valence-electron chi connectivity index (χ2n) is 18.6. The van der Waals surface area contributed by atoms with Gasteiger partial charge in [0.05, 0.1) is 63.0 Å². The molecule has 0 bridgehead atoms. The first-order valence-corrected chi connectivity index (χ1v) is 30.5. The maximum Gasteiger partial charge on any atom is 0.341 e. The van der Waals surface area contributed by atoms with Crippen molar-refractivity contribution in [3.05, 3.63) is 134 Å². The number of allylic oxidation sites excluding steroid dienone is 4. The monoisotopic (exact) mass is 1340 g/mol. The lowest BCUT2D eigenvalue weighted by Crippen LogP contribution is -2.38. The van der Waals surface area contributed by atoms with Crippen LogP contribution in [0.4, 0.5) is 0 Å². The van der Waals surface area contributed by atoms with Gasteiger partial charge in [-0.25, -0.2) is 4.79 Å². The number of halogens is 1. The van der Waals surface area contributed by atoms with Crippen LogP contribution in [0.1, 0.15) is 164 Å². The number of aliphatic hydroxyl groups excluding tert-OH is 2. The minimum atomic E-state index is -1.02. The van der Waals surface area contributed by atoms with Crippen LogP contribution in [0.25, 0.3) is 0 Å². The quantitative estimate of drug-likeness (QED) is 0.0139. The molecule has 3 aromatic rings. The molecule has 0 aromatic heterocycles. The van der Waals surface area contributed by atoms with Gasteiger partial charge in [0.1, 0.15) is 29.4 Å². The zero-order valence-electron chi connectivity index (χ0n) is 52.1. The van der Waals surface area contributed by atoms with Gasteiger partial charge in [0.2, 0.25) is 5.24 Å². The molecule has 1 saturated heterocycles. The minimum absolute atomic E-state index is 0. The average Bonchev–Trinajstić information content (AvgIpc) is 1.94. The molecule has 27 heteroatoms. The first kappa shape index (κ1) is 95.0. The number of nitrogens with two attached hydrogens (primary N) is 1. The molecule has 1 fully saturated rings. The molecule has 1 heterocycles. The number of aryl methyl sites for hydroxylation is 3. The number of methoxy groups -OCH3 is 1. The van der Waals surface area contributed by atoms with E-state index in [0.29, 0.717) is 19.6 Å². The van der Waals surface area contributed by atoms with Crippen LogP contribution in [0.5, 0.6) is 17.2 Å². The van der Waals surface area contributed by atoms with Crippen molar-refractivity contribution >= 4 is 82.3 Å². The molecular formula is C64H100ClN3O21P2. The maximum atomic E-state index is 12.7. The van der Waals surface area contributed by atoms with Gasteiger partial charge in [-0.2, -0.15) is 0 Å². The van der Waals surface area contributed by atoms with Gasteiger partial charge in [-0.05, 0) is 119 Å². The summed E-state index contributed by atoms with van der Waals surface area (Å²) in [4.78, 5) is 117. The average molecular weight is 1340 g/mol. The first-order chi connectivity index (χ1) is 41.6. The van der Waals surface area contributed by atoms with Crippen LogP contribution in [0.15, 0.2) is 91.1 Å². The number of hydrogen-bond acceptors (Lipinski definition) is 22. The highest BCUT2D eigenvalue weighted by molar-refractivity contribution is 7.92. The topological polar surface area (TPSA) is 352 Å². The molecule has 1 aliphatic rings. The van der Waals surface area contributed by atoms with Crippen molar-refractivity contribution in [3.8, 4) is 17.2 Å². The predicted molar refractivity (Wildman–Crippen MR) is 361 cm³/mol. The molecule has 91 heavy (non-hydrogen) atoms. The Morgan fingerprint density at radius 1 is 0.659 bits per heavy atom. The third kappa shape index (κ3) is 47.4. The Morgan fingerprint density at radius 2 is 1.04 bits per heavy atom. The van der Waals surface area contributed by atoms with Gasteiger partial charge in [-0.3, -0.25) is 38.4 Å². The van der Waals surface area contributed by atoms with E-state index in [2.05, 4.69) is 33.2 Å². The Kier molecular flexibility index (Phi) is 59.3. The van der Waals surface area contributed by atoms with Crippen LogP contribution in [0.3, 0.4) is 0 Å². The van der Waals surface area contributed by atoms with E-state index in [0.717, 1.165) is 36.0 Å². The van der Waals surface area contributed by atoms with Gasteiger partial charge >= 0.3 is 35.8 Å². The molecule has 0 radical (unpaired) electrons. The summed E-state index contributed by atoms with van der Waals surface area (Å²) in [7, 11) is 5.94. The van der Waals surface area contributed by atoms with Gasteiger partial charge in [-0.1, -0.05) is 97.7 Å². The molecule has 0 saturated carbocycles. The molecule has 0 aliphatic carbocycles. The van der Waals surface area contributed by atoms with E-state index in [1.165, 1.54) is 33.9 Å². The standard InChI is InChI=1S/C25H33NO7.C13H17NO5.C11H12O4.C6H9ClO.C6H13NO2.3CH4.O2.H4P2/c1-5-7-9-11-23(28)31-17-20(33-24(29)12-10-8-6-2)16-26-25(30)21-14-13-18(3)15-22(21)32-19(4)27;1-8-3-4-11(12(5-8)19-9(2)16)13(18)14-6-10(17)7-15;1-7-4-5-9(11(13)14-3)10(6-7)15-8(2)12;1-2-3-4-5-6(7)8;1-6(2)8-4-5(3-7)9-6;;;;2*1-2/h7-10,13-15,20H,5-6,11-12,16-17H2,1-4H3,(H,26,30);3-5,10,15,17H,6-7H2,1-2H3,(H,14,18);4-6H,1-3H3;3-4H,2,5H2,1H3;5H,3-4,7H2,1-2H3;3*1H4;;1-2H2/b9-7-,10-8-;;;4-3-;;;;;;. The van der Waals surface area contributed by atoms with Crippen LogP contribution in [-0.4, -0.2) is 134 Å². The lowest BCUT2D eigenvalue weighted by molar-refractivity contribution is -0.157. The van der Waals surface area contributed by atoms with Crippen molar-refractivity contribution in [2.45, 2.75) is 161 Å². The van der Waals surface area contributed by atoms with Crippen molar-refractivity contribution in [2.75, 3.05) is 46.6 Å². The molecule has 5 unspecified atom stereocenters. The van der Waals surface area contributed by atoms with E-state index in [-0.39, 0.29) is 100 Å². The molecule has 1 aliphatic heterocycles. The zero-order chi connectivity index (χ0) is 67.8. The fraction of sp³-hybridized carbons (Fsp3) is 0.484. The summed E-state index contributed by atoms with van der Waals surface area (Å²) in [6.07, 6.45) is 12.1. The smallest absolute Gasteiger partial charge is 0.341 e. The number of carbonyl (C=O) groups is 9. The number of nitrogens with one attached hydrogen (secondary N) is 2. The highest BCUT2D eigenvalue weighted by Crippen LogP contribution is 2.24. The molecule has 3 aromatic carbocycles. The number of ether oxygens (including phenoxy) is 8. The van der Waals surface area contributed by atoms with Gasteiger partial charge in [0, 0.05) is 50.2 Å². The summed E-state index contributed by atoms with van der Waals surface area (Å²) in [5.41, 5.74) is 8.53. The molecule has 2 amide bonds. The van der Waals surface area contributed by atoms with E-state index in [9.17, 15) is 43.2 Å². The molecular weight excluding hydrogens is 1240 g/mol. The van der Waals surface area contributed by atoms with Crippen molar-refractivity contribution in [3.63, 3.8) is 0 Å². The van der Waals surface area contributed by atoms with Gasteiger partial charge < -0.3 is 64.5 Å². The van der Waals surface area contributed by atoms with Gasteiger partial charge in [-0.15, -0.1) is 17.9 Å². The summed E-state index contributed by atoms with van der Waals surface area (Å²) in [5, 5.41) is 22.6. The van der Waals surface area contributed by atoms with Crippen LogP contribution in [-0.2, 0) is 52.5 Å². The molecule has 5 atom stereocenters. The fourth-order valence-electron chi connectivity index (χ4n) is 6.46. The number of esters is 6. The third-order valence-corrected chi connectivity index (χ3v) is 10.5. The molecule has 24 nitrogen and oxygen atoms in total. The number of amides is 2. The Labute approximate surface area is 546 Å². The minimum Gasteiger partial charge on any atom is -0.465 e. The number of rotatable bonds is 24. The van der Waals surface area contributed by atoms with E-state index in [4.69, 9.17) is 70.6 Å². The van der Waals surface area contributed by atoms with E-state index in [1.807, 2.05) is 66.7 Å². The first-order valence-electron chi connectivity index (χ1n) is 27.5. The number of carbonyl (C=O) groups excluding carboxylic acids is 9. The van der Waals surface area contributed by atoms with Crippen molar-refractivity contribution in [1.29, 1.82) is 0 Å². The van der Waals surface area contributed by atoms with Crippen molar-refractivity contribution < 1.29 is 91.3 Å². The van der Waals surface area contributed by atoms with Gasteiger partial charge in [0.25, 0.3) is 11.8 Å². The second kappa shape index (κ2) is 56.8. The fourth-order valence-corrected chi connectivity index (χ4v) is 6.55. The summed E-state index contributed by atoms with van der Waals surface area (Å²) in [6, 6.07) is 14.6. The molecule has 514 valence electrons. The normalized spacial score (nSPS) is 12.6. The summed E-state index contributed by atoms with van der Waals surface area (Å²) >= 11 is 5.02. The van der Waals surface area contributed by atoms with Crippen molar-refractivity contribution in [1.82, 2.24) is 10.6 Å². The Hall–Kier alpha value is -7.14. The lowest BCUT2D eigenvalue weighted by atomic mass is 10.1. The zero-order valence-corrected chi connectivity index (χ0v) is 55.2. The van der Waals surface area contributed by atoms with Crippen LogP contribution in [0.2, 0.25) is 0 Å². The highest BCUT2D eigenvalue weighted by atomic mass is 35.5. The Bertz CT molecular complexity index is 2720. The van der Waals surface area contributed by atoms with Gasteiger partial charge in [0.15, 0.2) is 11.9 Å². The number of hydrogen-bond donors (Lipinski definition) is 5. The van der Waals surface area contributed by atoms with E-state index in [1.54, 1.807) is 73.7 Å². The molecule has 4 rings (SSSR count). The third-order valence-electron chi connectivity index (χ3n) is 10.4. The predicted octanol–water partition coefficient (Wildman–Crippen LogP) is 10.4. The summed E-state index contributed by atoms with van der Waals surface area (Å²) in [6.45, 7) is 19.3. The summed E-state index contributed by atoms with van der Waals surface area (Å²) < 4.78 is 40.8. The van der Waals surface area contributed by atoms with Crippen LogP contribution >= 0.6 is 29.5 Å². The Balaban J connectivity index is -0.000000265. The highest BCUT2D eigenvalue weighted by Gasteiger charge is 2.31. The SMILES string of the molecule is C.C.C.CC(=O)Oc1cc(C)ccc1C(=O)NCC(O)CO.CC/C=C\CC(=O)Cl.CC/C=C\CC(=O)OCC(CNC(=O)c1ccc(C)cc1OC(C)=O)OC(=O)C/C=C\CC.CC1(C)OCC(CN)O1.COC(=O)c1ccc(C)cc1OC(C)=O.O=O.PP. The van der Waals surface area contributed by atoms with Crippen LogP contribution < -0.4 is 30.6 Å². The van der Waals surface area contributed by atoms with E-state index < -0.39 is 72.2 Å². The van der Waals surface area contributed by atoms with Crippen LogP contribution in [0, 0.1) is 30.7 Å². The second-order valence-corrected chi connectivity index (χ2v) is 19.0.